The molecule has 0 saturated heterocycles. The molecule has 0 fully saturated rings. The molecule has 0 aliphatic rings. The highest BCUT2D eigenvalue weighted by atomic mass is 16.6. The largest absolute Gasteiger partial charge is 0.496 e. The van der Waals surface area contributed by atoms with Crippen LogP contribution in [0.3, 0.4) is 0 Å². The molecule has 0 bridgehead atoms. The van der Waals surface area contributed by atoms with Gasteiger partial charge in [0.15, 0.2) is 13.2 Å². The number of hydrogen-bond acceptors (Lipinski definition) is 7. The Balaban J connectivity index is 2.67. The average Bonchev–Trinajstić information content (AvgIpc) is 2.51. The second-order valence-electron chi connectivity index (χ2n) is 4.03. The fourth-order valence-corrected chi connectivity index (χ4v) is 1.52. The van der Waals surface area contributed by atoms with E-state index in [0.717, 1.165) is 0 Å². The molecule has 1 rings (SSSR count). The van der Waals surface area contributed by atoms with E-state index < -0.39 is 11.9 Å². The van der Waals surface area contributed by atoms with Crippen LogP contribution in [0.4, 0.5) is 0 Å². The summed E-state index contributed by atoms with van der Waals surface area (Å²) in [5.41, 5.74) is 0. The molecule has 0 heterocycles. The van der Waals surface area contributed by atoms with E-state index in [1.54, 1.807) is 32.0 Å². The maximum absolute atomic E-state index is 11.3. The van der Waals surface area contributed by atoms with Gasteiger partial charge >= 0.3 is 11.9 Å². The van der Waals surface area contributed by atoms with E-state index in [1.807, 2.05) is 0 Å². The minimum absolute atomic E-state index is 0.224. The molecular weight excluding hydrogens is 292 g/mol. The molecule has 0 aromatic heterocycles. The van der Waals surface area contributed by atoms with Gasteiger partial charge in [-0.2, -0.15) is 0 Å². The van der Waals surface area contributed by atoms with Crippen molar-refractivity contribution in [3.8, 4) is 17.2 Å². The third-order valence-corrected chi connectivity index (χ3v) is 2.41. The Morgan fingerprint density at radius 1 is 0.818 bits per heavy atom. The van der Waals surface area contributed by atoms with Crippen LogP contribution in [-0.2, 0) is 19.1 Å². The molecule has 7 heteroatoms. The summed E-state index contributed by atoms with van der Waals surface area (Å²) in [7, 11) is 1.49. The van der Waals surface area contributed by atoms with Gasteiger partial charge in [0.05, 0.1) is 20.3 Å². The molecule has 0 unspecified atom stereocenters. The summed E-state index contributed by atoms with van der Waals surface area (Å²) < 4.78 is 25.3. The van der Waals surface area contributed by atoms with E-state index in [0.29, 0.717) is 17.2 Å². The molecule has 1 aromatic rings. The number of carbonyl (C=O) groups is 2. The average molecular weight is 312 g/mol. The zero-order chi connectivity index (χ0) is 16.4. The lowest BCUT2D eigenvalue weighted by Crippen LogP contribution is -2.15. The number of benzene rings is 1. The van der Waals surface area contributed by atoms with Crippen LogP contribution in [0.25, 0.3) is 0 Å². The first-order valence-corrected chi connectivity index (χ1v) is 6.85. The van der Waals surface area contributed by atoms with Gasteiger partial charge in [-0.25, -0.2) is 9.59 Å². The fourth-order valence-electron chi connectivity index (χ4n) is 1.52. The summed E-state index contributed by atoms with van der Waals surface area (Å²) in [6.45, 7) is 3.55. The molecular formula is C15H20O7. The minimum Gasteiger partial charge on any atom is -0.496 e. The van der Waals surface area contributed by atoms with E-state index in [9.17, 15) is 9.59 Å². The van der Waals surface area contributed by atoms with Crippen LogP contribution in [0.5, 0.6) is 17.2 Å². The van der Waals surface area contributed by atoms with Gasteiger partial charge in [-0.1, -0.05) is 0 Å². The summed E-state index contributed by atoms with van der Waals surface area (Å²) in [6, 6.07) is 4.73. The van der Waals surface area contributed by atoms with Gasteiger partial charge in [0.2, 0.25) is 0 Å². The van der Waals surface area contributed by atoms with E-state index in [4.69, 9.17) is 23.7 Å². The molecule has 0 N–H and O–H groups in total. The molecule has 0 amide bonds. The monoisotopic (exact) mass is 312 g/mol. The van der Waals surface area contributed by atoms with Crippen LogP contribution in [0, 0.1) is 0 Å². The highest BCUT2D eigenvalue weighted by Gasteiger charge is 2.09. The van der Waals surface area contributed by atoms with Crippen molar-refractivity contribution in [2.24, 2.45) is 0 Å². The first kappa shape index (κ1) is 17.6. The van der Waals surface area contributed by atoms with Crippen molar-refractivity contribution >= 4 is 11.9 Å². The standard InChI is InChI=1S/C15H20O7/c1-4-19-14(16)9-21-12-6-11(18-3)7-13(8-12)22-10-15(17)20-5-2/h6-8H,4-5,9-10H2,1-3H3. The zero-order valence-electron chi connectivity index (χ0n) is 12.9. The number of carbonyl (C=O) groups excluding carboxylic acids is 2. The Morgan fingerprint density at radius 3 is 1.59 bits per heavy atom. The Morgan fingerprint density at radius 2 is 1.23 bits per heavy atom. The van der Waals surface area contributed by atoms with Crippen molar-refractivity contribution < 1.29 is 33.3 Å². The van der Waals surface area contributed by atoms with Gasteiger partial charge in [0.1, 0.15) is 17.2 Å². The molecule has 0 radical (unpaired) electrons. The second kappa shape index (κ2) is 9.49. The number of ether oxygens (including phenoxy) is 5. The summed E-state index contributed by atoms with van der Waals surface area (Å²) in [6.07, 6.45) is 0. The maximum Gasteiger partial charge on any atom is 0.344 e. The van der Waals surface area contributed by atoms with E-state index in [2.05, 4.69) is 0 Å². The molecule has 0 atom stereocenters. The van der Waals surface area contributed by atoms with Crippen molar-refractivity contribution in [2.45, 2.75) is 13.8 Å². The maximum atomic E-state index is 11.3. The van der Waals surface area contributed by atoms with Gasteiger partial charge in [-0.3, -0.25) is 0 Å². The molecule has 0 aliphatic carbocycles. The normalized spacial score (nSPS) is 9.77. The number of esters is 2. The fraction of sp³-hybridized carbons (Fsp3) is 0.467. The smallest absolute Gasteiger partial charge is 0.344 e. The predicted molar refractivity (Wildman–Crippen MR) is 77.3 cm³/mol. The first-order valence-electron chi connectivity index (χ1n) is 6.85. The Bertz CT molecular complexity index is 458. The van der Waals surface area contributed by atoms with E-state index >= 15 is 0 Å². The highest BCUT2D eigenvalue weighted by molar-refractivity contribution is 5.71. The summed E-state index contributed by atoms with van der Waals surface area (Å²) in [5, 5.41) is 0. The SMILES string of the molecule is CCOC(=O)COc1cc(OC)cc(OCC(=O)OCC)c1. The summed E-state index contributed by atoms with van der Waals surface area (Å²) >= 11 is 0. The highest BCUT2D eigenvalue weighted by Crippen LogP contribution is 2.27. The summed E-state index contributed by atoms with van der Waals surface area (Å²) in [5.74, 6) is 0.261. The molecule has 122 valence electrons. The van der Waals surface area contributed by atoms with Crippen LogP contribution < -0.4 is 14.2 Å². The first-order chi connectivity index (χ1) is 10.6. The third kappa shape index (κ3) is 6.34. The quantitative estimate of drug-likeness (QED) is 0.640. The Labute approximate surface area is 129 Å². The number of rotatable bonds is 9. The van der Waals surface area contributed by atoms with Crippen molar-refractivity contribution in [2.75, 3.05) is 33.5 Å². The van der Waals surface area contributed by atoms with Gasteiger partial charge < -0.3 is 23.7 Å². The number of methoxy groups -OCH3 is 1. The molecule has 0 spiro atoms. The van der Waals surface area contributed by atoms with Gasteiger partial charge in [0.25, 0.3) is 0 Å². The van der Waals surface area contributed by atoms with Crippen LogP contribution >= 0.6 is 0 Å². The molecule has 22 heavy (non-hydrogen) atoms. The van der Waals surface area contributed by atoms with Crippen LogP contribution in [0.15, 0.2) is 18.2 Å². The van der Waals surface area contributed by atoms with E-state index in [-0.39, 0.29) is 26.4 Å². The molecule has 7 nitrogen and oxygen atoms in total. The lowest BCUT2D eigenvalue weighted by molar-refractivity contribution is -0.146. The van der Waals surface area contributed by atoms with Crippen molar-refractivity contribution in [3.63, 3.8) is 0 Å². The van der Waals surface area contributed by atoms with Gasteiger partial charge in [0, 0.05) is 18.2 Å². The van der Waals surface area contributed by atoms with Crippen molar-refractivity contribution in [3.05, 3.63) is 18.2 Å². The topological polar surface area (TPSA) is 80.3 Å². The Kier molecular flexibility index (Phi) is 7.60. The zero-order valence-corrected chi connectivity index (χ0v) is 12.9. The van der Waals surface area contributed by atoms with E-state index in [1.165, 1.54) is 7.11 Å². The Hall–Kier alpha value is -2.44. The van der Waals surface area contributed by atoms with Crippen LogP contribution in [0.1, 0.15) is 13.8 Å². The lowest BCUT2D eigenvalue weighted by atomic mass is 10.3. The molecule has 0 saturated carbocycles. The molecule has 1 aromatic carbocycles. The third-order valence-electron chi connectivity index (χ3n) is 2.41. The second-order valence-corrected chi connectivity index (χ2v) is 4.03. The van der Waals surface area contributed by atoms with Crippen LogP contribution in [-0.4, -0.2) is 45.5 Å². The lowest BCUT2D eigenvalue weighted by Gasteiger charge is -2.11. The summed E-state index contributed by atoms with van der Waals surface area (Å²) in [4.78, 5) is 22.5. The van der Waals surface area contributed by atoms with Gasteiger partial charge in [-0.05, 0) is 13.8 Å². The van der Waals surface area contributed by atoms with Crippen molar-refractivity contribution in [1.82, 2.24) is 0 Å². The number of hydrogen-bond donors (Lipinski definition) is 0. The van der Waals surface area contributed by atoms with Crippen LogP contribution in [0.2, 0.25) is 0 Å². The molecule has 0 aliphatic heterocycles. The minimum atomic E-state index is -0.473. The van der Waals surface area contributed by atoms with Crippen molar-refractivity contribution in [1.29, 1.82) is 0 Å². The van der Waals surface area contributed by atoms with Gasteiger partial charge in [-0.15, -0.1) is 0 Å². The predicted octanol–water partition coefficient (Wildman–Crippen LogP) is 1.58.